The van der Waals surface area contributed by atoms with Gasteiger partial charge in [-0.05, 0) is 35.8 Å². The van der Waals surface area contributed by atoms with Crippen molar-refractivity contribution in [3.05, 3.63) is 71.8 Å². The van der Waals surface area contributed by atoms with Crippen LogP contribution in [0.25, 0.3) is 0 Å². The van der Waals surface area contributed by atoms with Crippen molar-refractivity contribution in [3.63, 3.8) is 0 Å². The quantitative estimate of drug-likeness (QED) is 0.841. The topological polar surface area (TPSA) is 52.6 Å². The lowest BCUT2D eigenvalue weighted by Gasteiger charge is -2.24. The van der Waals surface area contributed by atoms with Crippen molar-refractivity contribution < 1.29 is 9.90 Å². The van der Waals surface area contributed by atoms with Crippen LogP contribution in [0.1, 0.15) is 18.1 Å². The van der Waals surface area contributed by atoms with Crippen molar-refractivity contribution in [1.82, 2.24) is 10.2 Å². The van der Waals surface area contributed by atoms with Crippen molar-refractivity contribution in [2.24, 2.45) is 17.8 Å². The van der Waals surface area contributed by atoms with E-state index in [1.807, 2.05) is 24.3 Å². The molecule has 0 aromatic heterocycles. The minimum absolute atomic E-state index is 0.310. The molecule has 2 N–H and O–H groups in total. The third kappa shape index (κ3) is 3.39. The average Bonchev–Trinajstić information content (AvgIpc) is 3.12. The molecule has 4 nitrogen and oxygen atoms in total. The van der Waals surface area contributed by atoms with Crippen LogP contribution < -0.4 is 5.32 Å². The van der Waals surface area contributed by atoms with Crippen molar-refractivity contribution >= 4 is 5.91 Å². The largest absolute Gasteiger partial charge is 0.376 e. The fourth-order valence-corrected chi connectivity index (χ4v) is 4.29. The second kappa shape index (κ2) is 6.86. The zero-order valence-electron chi connectivity index (χ0n) is 15.1. The summed E-state index contributed by atoms with van der Waals surface area (Å²) in [5, 5.41) is 13.5. The van der Waals surface area contributed by atoms with Gasteiger partial charge in [-0.15, -0.1) is 0 Å². The summed E-state index contributed by atoms with van der Waals surface area (Å²) in [5.74, 6) is 1.61. The summed E-state index contributed by atoms with van der Waals surface area (Å²) < 4.78 is 0. The fraction of sp³-hybridized carbons (Fsp3) is 0.409. The Kier molecular flexibility index (Phi) is 4.55. The Morgan fingerprint density at radius 2 is 1.65 bits per heavy atom. The molecule has 2 aromatic carbocycles. The van der Waals surface area contributed by atoms with Gasteiger partial charge < -0.3 is 10.4 Å². The molecule has 2 aliphatic rings. The van der Waals surface area contributed by atoms with Gasteiger partial charge >= 0.3 is 0 Å². The molecule has 0 bridgehead atoms. The summed E-state index contributed by atoms with van der Waals surface area (Å²) in [6.07, 6.45) is 0. The van der Waals surface area contributed by atoms with Gasteiger partial charge in [0, 0.05) is 26.2 Å². The first kappa shape index (κ1) is 17.3. The number of rotatable bonds is 6. The molecule has 1 saturated heterocycles. The van der Waals surface area contributed by atoms with Crippen LogP contribution in [0.4, 0.5) is 0 Å². The number of carbonyl (C=O) groups excluding carboxylic acids is 1. The lowest BCUT2D eigenvalue weighted by molar-refractivity contribution is -0.139. The highest BCUT2D eigenvalue weighted by atomic mass is 16.3. The van der Waals surface area contributed by atoms with Gasteiger partial charge in [0.1, 0.15) is 0 Å². The van der Waals surface area contributed by atoms with Gasteiger partial charge in [0.15, 0.2) is 5.60 Å². The van der Waals surface area contributed by atoms with Gasteiger partial charge in [-0.25, -0.2) is 0 Å². The predicted octanol–water partition coefficient (Wildman–Crippen LogP) is 2.39. The normalized spacial score (nSPS) is 26.8. The van der Waals surface area contributed by atoms with Gasteiger partial charge in [-0.3, -0.25) is 9.69 Å². The number of aliphatic hydroxyl groups is 1. The van der Waals surface area contributed by atoms with Crippen LogP contribution in [0.2, 0.25) is 0 Å². The molecule has 0 spiro atoms. The molecule has 3 unspecified atom stereocenters. The molecule has 1 aliphatic heterocycles. The Balaban J connectivity index is 1.25. The second-order valence-electron chi connectivity index (χ2n) is 7.82. The van der Waals surface area contributed by atoms with E-state index in [1.54, 1.807) is 19.1 Å². The Labute approximate surface area is 154 Å². The maximum Gasteiger partial charge on any atom is 0.256 e. The van der Waals surface area contributed by atoms with E-state index >= 15 is 0 Å². The molecule has 3 atom stereocenters. The number of nitrogens with one attached hydrogen (secondary N) is 1. The Morgan fingerprint density at radius 1 is 1.08 bits per heavy atom. The molecule has 4 heteroatoms. The van der Waals surface area contributed by atoms with Crippen LogP contribution in [0.3, 0.4) is 0 Å². The Morgan fingerprint density at radius 3 is 2.27 bits per heavy atom. The minimum atomic E-state index is -1.48. The summed E-state index contributed by atoms with van der Waals surface area (Å²) in [5.41, 5.74) is 0.505. The fourth-order valence-electron chi connectivity index (χ4n) is 4.29. The third-order valence-electron chi connectivity index (χ3n) is 5.97. The van der Waals surface area contributed by atoms with E-state index in [1.165, 1.54) is 5.56 Å². The van der Waals surface area contributed by atoms with Gasteiger partial charge in [0.25, 0.3) is 5.91 Å². The van der Waals surface area contributed by atoms with Gasteiger partial charge in [0.2, 0.25) is 0 Å². The second-order valence-corrected chi connectivity index (χ2v) is 7.82. The molecule has 26 heavy (non-hydrogen) atoms. The Bertz CT molecular complexity index is 748. The van der Waals surface area contributed by atoms with Crippen molar-refractivity contribution in [2.45, 2.75) is 19.1 Å². The number of likely N-dealkylation sites (tertiary alicyclic amines) is 1. The van der Waals surface area contributed by atoms with Crippen LogP contribution in [0.15, 0.2) is 60.7 Å². The number of nitrogens with zero attached hydrogens (tertiary/aromatic N) is 1. The van der Waals surface area contributed by atoms with E-state index in [9.17, 15) is 9.90 Å². The predicted molar refractivity (Wildman–Crippen MR) is 101 cm³/mol. The van der Waals surface area contributed by atoms with Crippen LogP contribution in [0, 0.1) is 17.8 Å². The molecule has 2 aromatic rings. The van der Waals surface area contributed by atoms with E-state index in [2.05, 4.69) is 34.5 Å². The molecule has 1 aliphatic carbocycles. The van der Waals surface area contributed by atoms with Crippen molar-refractivity contribution in [1.29, 1.82) is 0 Å². The van der Waals surface area contributed by atoms with Crippen molar-refractivity contribution in [2.75, 3.05) is 19.6 Å². The lowest BCUT2D eigenvalue weighted by Crippen LogP contribution is -2.43. The number of hydrogen-bond acceptors (Lipinski definition) is 3. The molecule has 4 rings (SSSR count). The monoisotopic (exact) mass is 350 g/mol. The van der Waals surface area contributed by atoms with Crippen molar-refractivity contribution in [3.8, 4) is 0 Å². The average molecular weight is 350 g/mol. The van der Waals surface area contributed by atoms with E-state index in [4.69, 9.17) is 0 Å². The van der Waals surface area contributed by atoms with Crippen LogP contribution in [0.5, 0.6) is 0 Å². The lowest BCUT2D eigenvalue weighted by atomic mass is 9.95. The number of benzene rings is 2. The molecular weight excluding hydrogens is 324 g/mol. The summed E-state index contributed by atoms with van der Waals surface area (Å²) >= 11 is 0. The first-order valence-electron chi connectivity index (χ1n) is 9.38. The molecule has 1 heterocycles. The molecule has 2 fully saturated rings. The summed E-state index contributed by atoms with van der Waals surface area (Å²) in [6.45, 7) is 5.45. The number of hydrogen-bond donors (Lipinski definition) is 2. The first-order valence-corrected chi connectivity index (χ1v) is 9.38. The summed E-state index contributed by atoms with van der Waals surface area (Å²) in [4.78, 5) is 15.0. The van der Waals surface area contributed by atoms with E-state index in [0.717, 1.165) is 19.6 Å². The standard InChI is InChI=1S/C22H26N2O2/c1-22(26,17-10-6-3-7-11-17)21(25)23-12-18-19-14-24(15-20(18)19)13-16-8-4-2-5-9-16/h2-11,18-20,26H,12-15H2,1H3,(H,23,25). The SMILES string of the molecule is CC(O)(C(=O)NCC1C2CN(Cc3ccccc3)CC12)c1ccccc1. The van der Waals surface area contributed by atoms with Crippen LogP contribution in [-0.2, 0) is 16.9 Å². The third-order valence-corrected chi connectivity index (χ3v) is 5.97. The maximum atomic E-state index is 12.5. The number of carbonyl (C=O) groups is 1. The zero-order chi connectivity index (χ0) is 18.1. The highest BCUT2D eigenvalue weighted by molar-refractivity contribution is 5.85. The van der Waals surface area contributed by atoms with E-state index < -0.39 is 5.60 Å². The summed E-state index contributed by atoms with van der Waals surface area (Å²) in [6, 6.07) is 19.7. The smallest absolute Gasteiger partial charge is 0.256 e. The van der Waals surface area contributed by atoms with Crippen LogP contribution in [-0.4, -0.2) is 35.5 Å². The molecule has 1 saturated carbocycles. The highest BCUT2D eigenvalue weighted by Gasteiger charge is 2.55. The van der Waals surface area contributed by atoms with Gasteiger partial charge in [-0.2, -0.15) is 0 Å². The molecular formula is C22H26N2O2. The Hall–Kier alpha value is -2.17. The van der Waals surface area contributed by atoms with Gasteiger partial charge in [0.05, 0.1) is 0 Å². The molecule has 0 radical (unpaired) electrons. The maximum absolute atomic E-state index is 12.5. The molecule has 1 amide bonds. The highest BCUT2D eigenvalue weighted by Crippen LogP contribution is 2.51. The van der Waals surface area contributed by atoms with Gasteiger partial charge in [-0.1, -0.05) is 60.7 Å². The van der Waals surface area contributed by atoms with E-state index in [0.29, 0.717) is 29.9 Å². The first-order chi connectivity index (χ1) is 12.6. The van der Waals surface area contributed by atoms with E-state index in [-0.39, 0.29) is 5.91 Å². The number of piperidine rings is 1. The van der Waals surface area contributed by atoms with Crippen LogP contribution >= 0.6 is 0 Å². The minimum Gasteiger partial charge on any atom is -0.376 e. The zero-order valence-corrected chi connectivity index (χ0v) is 15.1. The number of fused-ring (bicyclic) bond motifs is 1. The summed E-state index contributed by atoms with van der Waals surface area (Å²) in [7, 11) is 0. The number of amides is 1. The molecule has 136 valence electrons.